The van der Waals surface area contributed by atoms with E-state index in [4.69, 9.17) is 0 Å². The molecule has 0 heterocycles. The van der Waals surface area contributed by atoms with Gasteiger partial charge in [0, 0.05) is 6.54 Å². The van der Waals surface area contributed by atoms with Crippen LogP contribution in [0.2, 0.25) is 0 Å². The molecule has 0 fully saturated rings. The number of hydrogen-bond donors (Lipinski definition) is 1. The fourth-order valence-electron chi connectivity index (χ4n) is 1.67. The van der Waals surface area contributed by atoms with Crippen LogP contribution in [-0.4, -0.2) is 19.5 Å². The van der Waals surface area contributed by atoms with Gasteiger partial charge in [-0.15, -0.1) is 13.2 Å². The number of ether oxygens (including phenoxy) is 1. The SMILES string of the molecule is CCNCC(=Cc1ccc(OC(F)(F)F)cc1)C(C)C. The zero-order valence-electron chi connectivity index (χ0n) is 11.9. The van der Waals surface area contributed by atoms with Crippen LogP contribution < -0.4 is 10.1 Å². The number of benzene rings is 1. The van der Waals surface area contributed by atoms with E-state index < -0.39 is 6.36 Å². The third kappa shape index (κ3) is 6.10. The zero-order valence-corrected chi connectivity index (χ0v) is 11.9. The number of halogens is 3. The molecule has 0 aliphatic heterocycles. The second kappa shape index (κ2) is 7.33. The smallest absolute Gasteiger partial charge is 0.406 e. The Bertz CT molecular complexity index is 435. The predicted molar refractivity (Wildman–Crippen MR) is 74.5 cm³/mol. The molecule has 0 spiro atoms. The minimum absolute atomic E-state index is 0.201. The molecule has 1 aromatic carbocycles. The number of rotatable bonds is 6. The minimum Gasteiger partial charge on any atom is -0.406 e. The van der Waals surface area contributed by atoms with E-state index in [0.717, 1.165) is 18.7 Å². The van der Waals surface area contributed by atoms with Crippen molar-refractivity contribution in [3.63, 3.8) is 0 Å². The van der Waals surface area contributed by atoms with E-state index >= 15 is 0 Å². The summed E-state index contributed by atoms with van der Waals surface area (Å²) in [5.74, 6) is 0.174. The summed E-state index contributed by atoms with van der Waals surface area (Å²) < 4.78 is 40.0. The van der Waals surface area contributed by atoms with Gasteiger partial charge < -0.3 is 10.1 Å². The van der Waals surface area contributed by atoms with Crippen molar-refractivity contribution in [2.75, 3.05) is 13.1 Å². The van der Waals surface area contributed by atoms with Crippen molar-refractivity contribution >= 4 is 6.08 Å². The van der Waals surface area contributed by atoms with Crippen LogP contribution in [0.4, 0.5) is 13.2 Å². The molecule has 0 aliphatic rings. The Labute approximate surface area is 117 Å². The first-order valence-electron chi connectivity index (χ1n) is 6.59. The molecule has 1 aromatic rings. The van der Waals surface area contributed by atoms with Crippen molar-refractivity contribution in [3.05, 3.63) is 35.4 Å². The van der Waals surface area contributed by atoms with Gasteiger partial charge in [0.05, 0.1) is 0 Å². The van der Waals surface area contributed by atoms with Gasteiger partial charge in [0.1, 0.15) is 5.75 Å². The van der Waals surface area contributed by atoms with Crippen molar-refractivity contribution in [2.24, 2.45) is 5.92 Å². The minimum atomic E-state index is -4.65. The topological polar surface area (TPSA) is 21.3 Å². The molecule has 1 rings (SSSR count). The first kappa shape index (κ1) is 16.6. The molecular weight excluding hydrogens is 267 g/mol. The summed E-state index contributed by atoms with van der Waals surface area (Å²) in [6.45, 7) is 7.85. The monoisotopic (exact) mass is 287 g/mol. The van der Waals surface area contributed by atoms with Crippen LogP contribution in [0.15, 0.2) is 29.8 Å². The highest BCUT2D eigenvalue weighted by Crippen LogP contribution is 2.23. The maximum atomic E-state index is 12.1. The van der Waals surface area contributed by atoms with Gasteiger partial charge in [0.25, 0.3) is 0 Å². The molecule has 5 heteroatoms. The van der Waals surface area contributed by atoms with E-state index in [0.29, 0.717) is 5.92 Å². The zero-order chi connectivity index (χ0) is 15.2. The van der Waals surface area contributed by atoms with Crippen LogP contribution in [0, 0.1) is 5.92 Å². The quantitative estimate of drug-likeness (QED) is 0.845. The van der Waals surface area contributed by atoms with Crippen molar-refractivity contribution in [1.29, 1.82) is 0 Å². The highest BCUT2D eigenvalue weighted by atomic mass is 19.4. The lowest BCUT2D eigenvalue weighted by molar-refractivity contribution is -0.274. The lowest BCUT2D eigenvalue weighted by atomic mass is 10.00. The van der Waals surface area contributed by atoms with Crippen LogP contribution in [-0.2, 0) is 0 Å². The Morgan fingerprint density at radius 3 is 2.30 bits per heavy atom. The van der Waals surface area contributed by atoms with E-state index in [1.54, 1.807) is 12.1 Å². The van der Waals surface area contributed by atoms with E-state index in [1.807, 2.05) is 13.0 Å². The molecule has 112 valence electrons. The molecule has 0 aliphatic carbocycles. The molecular formula is C15H20F3NO. The molecule has 1 N–H and O–H groups in total. The average molecular weight is 287 g/mol. The van der Waals surface area contributed by atoms with Crippen molar-refractivity contribution in [3.8, 4) is 5.75 Å². The maximum Gasteiger partial charge on any atom is 0.573 e. The summed E-state index contributed by atoms with van der Waals surface area (Å²) >= 11 is 0. The van der Waals surface area contributed by atoms with Crippen LogP contribution in [0.25, 0.3) is 6.08 Å². The van der Waals surface area contributed by atoms with Crippen LogP contribution in [0.5, 0.6) is 5.75 Å². The second-order valence-electron chi connectivity index (χ2n) is 4.77. The predicted octanol–water partition coefficient (Wildman–Crippen LogP) is 4.23. The maximum absolute atomic E-state index is 12.1. The average Bonchev–Trinajstić information content (AvgIpc) is 2.34. The number of likely N-dealkylation sites (N-methyl/N-ethyl adjacent to an activating group) is 1. The normalized spacial score (nSPS) is 12.8. The molecule has 20 heavy (non-hydrogen) atoms. The summed E-state index contributed by atoms with van der Waals surface area (Å²) in [4.78, 5) is 0. The van der Waals surface area contributed by atoms with Crippen LogP contribution >= 0.6 is 0 Å². The molecule has 0 bridgehead atoms. The van der Waals surface area contributed by atoms with Gasteiger partial charge in [-0.1, -0.05) is 44.6 Å². The summed E-state index contributed by atoms with van der Waals surface area (Å²) in [5.41, 5.74) is 2.07. The Morgan fingerprint density at radius 1 is 1.25 bits per heavy atom. The van der Waals surface area contributed by atoms with Gasteiger partial charge >= 0.3 is 6.36 Å². The van der Waals surface area contributed by atoms with E-state index in [9.17, 15) is 13.2 Å². The summed E-state index contributed by atoms with van der Waals surface area (Å²) in [6, 6.07) is 5.89. The number of alkyl halides is 3. The third-order valence-electron chi connectivity index (χ3n) is 2.79. The van der Waals surface area contributed by atoms with Crippen molar-refractivity contribution < 1.29 is 17.9 Å². The lowest BCUT2D eigenvalue weighted by Gasteiger charge is -2.12. The summed E-state index contributed by atoms with van der Waals surface area (Å²) in [7, 11) is 0. The van der Waals surface area contributed by atoms with Crippen LogP contribution in [0.1, 0.15) is 26.3 Å². The van der Waals surface area contributed by atoms with Gasteiger partial charge in [-0.2, -0.15) is 0 Å². The Kier molecular flexibility index (Phi) is 6.07. The Balaban J connectivity index is 2.80. The van der Waals surface area contributed by atoms with E-state index in [1.165, 1.54) is 17.7 Å². The first-order valence-corrected chi connectivity index (χ1v) is 6.59. The summed E-state index contributed by atoms with van der Waals surface area (Å²) in [5, 5.41) is 3.25. The fourth-order valence-corrected chi connectivity index (χ4v) is 1.67. The van der Waals surface area contributed by atoms with E-state index in [2.05, 4.69) is 23.9 Å². The van der Waals surface area contributed by atoms with Crippen molar-refractivity contribution in [1.82, 2.24) is 5.32 Å². The lowest BCUT2D eigenvalue weighted by Crippen LogP contribution is -2.18. The van der Waals surface area contributed by atoms with Crippen molar-refractivity contribution in [2.45, 2.75) is 27.1 Å². The van der Waals surface area contributed by atoms with Gasteiger partial charge in [-0.25, -0.2) is 0 Å². The molecule has 0 unspecified atom stereocenters. The number of nitrogens with one attached hydrogen (secondary N) is 1. The molecule has 0 atom stereocenters. The molecule has 0 saturated carbocycles. The fraction of sp³-hybridized carbons (Fsp3) is 0.467. The Hall–Kier alpha value is -1.49. The van der Waals surface area contributed by atoms with Gasteiger partial charge in [-0.3, -0.25) is 0 Å². The summed E-state index contributed by atoms with van der Waals surface area (Å²) in [6.07, 6.45) is -2.66. The largest absolute Gasteiger partial charge is 0.573 e. The Morgan fingerprint density at radius 2 is 1.85 bits per heavy atom. The molecule has 0 amide bonds. The molecule has 2 nitrogen and oxygen atoms in total. The highest BCUT2D eigenvalue weighted by Gasteiger charge is 2.30. The first-order chi connectivity index (χ1) is 9.31. The highest BCUT2D eigenvalue weighted by molar-refractivity contribution is 5.54. The standard InChI is InChI=1S/C15H20F3NO/c1-4-19-10-13(11(2)3)9-12-5-7-14(8-6-12)20-15(16,17)18/h5-9,11,19H,4,10H2,1-3H3. The second-order valence-corrected chi connectivity index (χ2v) is 4.77. The third-order valence-corrected chi connectivity index (χ3v) is 2.79. The van der Waals surface area contributed by atoms with Crippen LogP contribution in [0.3, 0.4) is 0 Å². The molecule has 0 saturated heterocycles. The number of hydrogen-bond acceptors (Lipinski definition) is 2. The van der Waals surface area contributed by atoms with Gasteiger partial charge in [-0.05, 0) is 30.2 Å². The van der Waals surface area contributed by atoms with Gasteiger partial charge in [0.15, 0.2) is 0 Å². The van der Waals surface area contributed by atoms with E-state index in [-0.39, 0.29) is 5.75 Å². The van der Waals surface area contributed by atoms with Gasteiger partial charge in [0.2, 0.25) is 0 Å². The molecule has 0 aromatic heterocycles. The molecule has 0 radical (unpaired) electrons.